The van der Waals surface area contributed by atoms with Gasteiger partial charge in [-0.2, -0.15) is 0 Å². The van der Waals surface area contributed by atoms with E-state index >= 15 is 0 Å². The van der Waals surface area contributed by atoms with Crippen molar-refractivity contribution in [3.8, 4) is 0 Å². The van der Waals surface area contributed by atoms with Crippen molar-refractivity contribution in [2.45, 2.75) is 12.5 Å². The van der Waals surface area contributed by atoms with Crippen molar-refractivity contribution in [2.24, 2.45) is 0 Å². The average molecular weight is 232 g/mol. The van der Waals surface area contributed by atoms with Crippen molar-refractivity contribution in [1.82, 2.24) is 0 Å². The van der Waals surface area contributed by atoms with Crippen LogP contribution in [-0.4, -0.2) is 52.9 Å². The molecular weight excluding hydrogens is 222 g/mol. The van der Waals surface area contributed by atoms with E-state index in [-0.39, 0.29) is 19.6 Å². The van der Waals surface area contributed by atoms with Crippen molar-refractivity contribution in [3.63, 3.8) is 0 Å². The summed E-state index contributed by atoms with van der Waals surface area (Å²) in [4.78, 5) is 24.7. The zero-order valence-corrected chi connectivity index (χ0v) is 8.11. The fraction of sp³-hybridized carbons (Fsp3) is 0.571. The SMILES string of the molecule is OCCC(O)CO.[N-]=C=O.[N-]=C=O.[N-]=C=O. The largest absolute Gasteiger partial charge is 0.724 e. The molecule has 0 saturated heterocycles. The quantitative estimate of drug-likeness (QED) is 0.389. The van der Waals surface area contributed by atoms with Crippen LogP contribution in [0.15, 0.2) is 0 Å². The summed E-state index contributed by atoms with van der Waals surface area (Å²) in [6.45, 7) is -0.331. The van der Waals surface area contributed by atoms with Crippen LogP contribution in [0.4, 0.5) is 0 Å². The van der Waals surface area contributed by atoms with E-state index in [9.17, 15) is 0 Å². The molecular formula is C7H10N3O6-3. The monoisotopic (exact) mass is 232 g/mol. The van der Waals surface area contributed by atoms with Crippen molar-refractivity contribution >= 4 is 18.2 Å². The molecule has 0 aliphatic carbocycles. The average Bonchev–Trinajstić information content (AvgIpc) is 2.21. The molecule has 16 heavy (non-hydrogen) atoms. The third-order valence-electron chi connectivity index (χ3n) is 0.673. The van der Waals surface area contributed by atoms with Gasteiger partial charge in [-0.15, -0.1) is 0 Å². The van der Waals surface area contributed by atoms with E-state index in [0.717, 1.165) is 0 Å². The van der Waals surface area contributed by atoms with Gasteiger partial charge in [0.05, 0.1) is 12.7 Å². The lowest BCUT2D eigenvalue weighted by Crippen LogP contribution is -2.12. The molecule has 0 aliphatic heterocycles. The molecule has 0 spiro atoms. The van der Waals surface area contributed by atoms with Gasteiger partial charge in [0.2, 0.25) is 0 Å². The van der Waals surface area contributed by atoms with E-state index in [4.69, 9.17) is 45.9 Å². The first kappa shape index (κ1) is 23.7. The molecule has 0 aromatic carbocycles. The number of hydrogen-bond acceptors (Lipinski definition) is 6. The summed E-state index contributed by atoms with van der Waals surface area (Å²) in [5, 5.41) is 44.9. The lowest BCUT2D eigenvalue weighted by atomic mass is 10.3. The highest BCUT2D eigenvalue weighted by atomic mass is 16.3. The fourth-order valence-corrected chi connectivity index (χ4v) is 0.240. The van der Waals surface area contributed by atoms with E-state index in [2.05, 4.69) is 0 Å². The number of aliphatic hydroxyl groups excluding tert-OH is 3. The molecule has 0 aliphatic rings. The Morgan fingerprint density at radius 3 is 1.25 bits per heavy atom. The van der Waals surface area contributed by atoms with Crippen LogP contribution in [0.5, 0.6) is 0 Å². The van der Waals surface area contributed by atoms with Crippen LogP contribution in [0.3, 0.4) is 0 Å². The minimum atomic E-state index is -0.745. The molecule has 0 rings (SSSR count). The van der Waals surface area contributed by atoms with Crippen LogP contribution in [0.2, 0.25) is 0 Å². The maximum absolute atomic E-state index is 8.45. The van der Waals surface area contributed by atoms with Gasteiger partial charge in [-0.25, -0.2) is 0 Å². The zero-order valence-electron chi connectivity index (χ0n) is 8.11. The molecule has 0 amide bonds. The van der Waals surface area contributed by atoms with E-state index < -0.39 is 6.10 Å². The van der Waals surface area contributed by atoms with Crippen molar-refractivity contribution in [1.29, 1.82) is 0 Å². The molecule has 0 radical (unpaired) electrons. The molecule has 3 N–H and O–H groups in total. The van der Waals surface area contributed by atoms with Crippen molar-refractivity contribution in [3.05, 3.63) is 16.2 Å². The molecule has 0 aromatic rings. The van der Waals surface area contributed by atoms with Crippen LogP contribution >= 0.6 is 0 Å². The molecule has 0 heterocycles. The normalized spacial score (nSPS) is 7.69. The smallest absolute Gasteiger partial charge is 0.0792 e. The second-order valence-corrected chi connectivity index (χ2v) is 1.62. The molecule has 0 bridgehead atoms. The second-order valence-electron chi connectivity index (χ2n) is 1.62. The Kier molecular flexibility index (Phi) is 56.5. The maximum Gasteiger partial charge on any atom is 0.0792 e. The summed E-state index contributed by atoms with van der Waals surface area (Å²) in [5.41, 5.74) is 0. The van der Waals surface area contributed by atoms with Crippen molar-refractivity contribution in [2.75, 3.05) is 13.2 Å². The van der Waals surface area contributed by atoms with Gasteiger partial charge in [0.15, 0.2) is 0 Å². The summed E-state index contributed by atoms with van der Waals surface area (Å²) in [6.07, 6.45) is 1.02. The summed E-state index contributed by atoms with van der Waals surface area (Å²) < 4.78 is 0. The molecule has 0 aromatic heterocycles. The van der Waals surface area contributed by atoms with Gasteiger partial charge in [-0.3, -0.25) is 14.4 Å². The second kappa shape index (κ2) is 38.2. The summed E-state index contributed by atoms with van der Waals surface area (Å²) in [6, 6.07) is 0. The number of nitrogens with zero attached hydrogens (tertiary/aromatic N) is 3. The zero-order chi connectivity index (χ0) is 13.8. The Morgan fingerprint density at radius 2 is 1.19 bits per heavy atom. The number of carbonyl (C=O) groups excluding carboxylic acids is 3. The molecule has 1 atom stereocenters. The first-order chi connectivity index (χ1) is 7.55. The highest BCUT2D eigenvalue weighted by Crippen LogP contribution is 1.84. The molecule has 0 saturated carbocycles. The van der Waals surface area contributed by atoms with Crippen LogP contribution in [0, 0.1) is 0 Å². The maximum atomic E-state index is 8.45. The van der Waals surface area contributed by atoms with Gasteiger partial charge in [-0.1, -0.05) is 0 Å². The number of hydrogen-bond donors (Lipinski definition) is 3. The molecule has 0 fully saturated rings. The van der Waals surface area contributed by atoms with E-state index in [1.807, 2.05) is 0 Å². The standard InChI is InChI=1S/C4H10O3.3CNO/c5-2-1-4(7)3-6;3*2-1-3/h4-7H,1-3H2;;;/q;3*-1. The predicted molar refractivity (Wildman–Crippen MR) is 52.0 cm³/mol. The lowest BCUT2D eigenvalue weighted by Gasteiger charge is -2.00. The Bertz CT molecular complexity index is 186. The van der Waals surface area contributed by atoms with Crippen molar-refractivity contribution < 1.29 is 29.7 Å². The van der Waals surface area contributed by atoms with Crippen LogP contribution in [0.25, 0.3) is 16.2 Å². The lowest BCUT2D eigenvalue weighted by molar-refractivity contribution is 0.0721. The third-order valence-corrected chi connectivity index (χ3v) is 0.673. The minimum Gasteiger partial charge on any atom is -0.724 e. The Balaban J connectivity index is -0.0000000677. The Labute approximate surface area is 90.9 Å². The van der Waals surface area contributed by atoms with E-state index in [1.165, 1.54) is 0 Å². The van der Waals surface area contributed by atoms with Gasteiger partial charge in [0.25, 0.3) is 0 Å². The van der Waals surface area contributed by atoms with Gasteiger partial charge < -0.3 is 31.5 Å². The van der Waals surface area contributed by atoms with Gasteiger partial charge in [-0.05, 0) is 24.7 Å². The number of isocyanates is 3. The third kappa shape index (κ3) is 160. The van der Waals surface area contributed by atoms with Gasteiger partial charge in [0, 0.05) is 6.61 Å². The first-order valence-electron chi connectivity index (χ1n) is 3.49. The highest BCUT2D eigenvalue weighted by Gasteiger charge is 1.96. The minimum absolute atomic E-state index is 0.0677. The highest BCUT2D eigenvalue weighted by molar-refractivity contribution is 5.37. The Morgan fingerprint density at radius 1 is 0.938 bits per heavy atom. The van der Waals surface area contributed by atoms with Gasteiger partial charge >= 0.3 is 0 Å². The number of aliphatic hydroxyl groups is 3. The van der Waals surface area contributed by atoms with Gasteiger partial charge in [0.1, 0.15) is 0 Å². The van der Waals surface area contributed by atoms with Crippen LogP contribution in [-0.2, 0) is 14.4 Å². The predicted octanol–water partition coefficient (Wildman–Crippen LogP) is -1.60. The van der Waals surface area contributed by atoms with Crippen LogP contribution in [0.1, 0.15) is 6.42 Å². The molecule has 92 valence electrons. The van der Waals surface area contributed by atoms with E-state index in [1.54, 1.807) is 0 Å². The molecule has 9 heteroatoms. The first-order valence-corrected chi connectivity index (χ1v) is 3.49. The summed E-state index contributed by atoms with van der Waals surface area (Å²) >= 11 is 0. The Hall–Kier alpha value is -1.98. The van der Waals surface area contributed by atoms with E-state index in [0.29, 0.717) is 18.2 Å². The summed E-state index contributed by atoms with van der Waals surface area (Å²) in [5.74, 6) is 0. The van der Waals surface area contributed by atoms with Crippen LogP contribution < -0.4 is 0 Å². The fourth-order valence-electron chi connectivity index (χ4n) is 0.240. The molecule has 1 unspecified atom stereocenters. The molecule has 9 nitrogen and oxygen atoms in total. The summed E-state index contributed by atoms with van der Waals surface area (Å²) in [7, 11) is 0. The number of rotatable bonds is 3. The topological polar surface area (TPSA) is 179 Å².